The maximum Gasteiger partial charge on any atom is 0.344 e. The Kier molecular flexibility index (Phi) is 7.22. The van der Waals surface area contributed by atoms with Crippen LogP contribution in [0.25, 0.3) is 0 Å². The molecule has 1 atom stereocenters. The average Bonchev–Trinajstić information content (AvgIpc) is 2.51. The summed E-state index contributed by atoms with van der Waals surface area (Å²) in [4.78, 5) is 23.1. The Morgan fingerprint density at radius 3 is 2.18 bits per heavy atom. The quantitative estimate of drug-likeness (QED) is 0.741. The molecule has 0 aliphatic carbocycles. The van der Waals surface area contributed by atoms with E-state index in [2.05, 4.69) is 5.32 Å². The molecule has 0 bridgehead atoms. The van der Waals surface area contributed by atoms with Crippen LogP contribution in [0.5, 0.6) is 11.5 Å². The summed E-state index contributed by atoms with van der Waals surface area (Å²) in [5, 5.41) is 2.75. The highest BCUT2D eigenvalue weighted by atomic mass is 16.6. The predicted molar refractivity (Wildman–Crippen MR) is 81.9 cm³/mol. The van der Waals surface area contributed by atoms with Gasteiger partial charge in [0, 0.05) is 6.04 Å². The van der Waals surface area contributed by atoms with Gasteiger partial charge in [-0.15, -0.1) is 0 Å². The van der Waals surface area contributed by atoms with Gasteiger partial charge in [0.05, 0.1) is 7.11 Å². The van der Waals surface area contributed by atoms with Crippen LogP contribution in [0.4, 0.5) is 0 Å². The summed E-state index contributed by atoms with van der Waals surface area (Å²) in [5.74, 6) is 0.627. The summed E-state index contributed by atoms with van der Waals surface area (Å²) in [6, 6.07) is 6.84. The van der Waals surface area contributed by atoms with Crippen molar-refractivity contribution in [1.29, 1.82) is 0 Å². The van der Waals surface area contributed by atoms with Crippen LogP contribution >= 0.6 is 0 Å². The first kappa shape index (κ1) is 17.8. The van der Waals surface area contributed by atoms with E-state index in [4.69, 9.17) is 14.2 Å². The molecular formula is C16H23NO5. The summed E-state index contributed by atoms with van der Waals surface area (Å²) >= 11 is 0. The van der Waals surface area contributed by atoms with Crippen LogP contribution in [0.15, 0.2) is 24.3 Å². The number of nitrogens with one attached hydrogen (secondary N) is 1. The van der Waals surface area contributed by atoms with Crippen molar-refractivity contribution in [3.63, 3.8) is 0 Å². The highest BCUT2D eigenvalue weighted by molar-refractivity contribution is 5.81. The van der Waals surface area contributed by atoms with Crippen molar-refractivity contribution >= 4 is 11.9 Å². The zero-order valence-electron chi connectivity index (χ0n) is 13.4. The van der Waals surface area contributed by atoms with E-state index in [9.17, 15) is 9.59 Å². The third-order valence-electron chi connectivity index (χ3n) is 3.17. The number of ether oxygens (including phenoxy) is 3. The van der Waals surface area contributed by atoms with Gasteiger partial charge in [0.1, 0.15) is 11.5 Å². The van der Waals surface area contributed by atoms with Crippen molar-refractivity contribution < 1.29 is 23.8 Å². The molecule has 0 heterocycles. The van der Waals surface area contributed by atoms with Crippen LogP contribution < -0.4 is 14.8 Å². The minimum absolute atomic E-state index is 0.0294. The Morgan fingerprint density at radius 2 is 1.64 bits per heavy atom. The maximum atomic E-state index is 11.6. The highest BCUT2D eigenvalue weighted by Crippen LogP contribution is 2.16. The molecule has 0 saturated heterocycles. The fourth-order valence-electron chi connectivity index (χ4n) is 1.46. The van der Waals surface area contributed by atoms with E-state index in [1.54, 1.807) is 31.4 Å². The van der Waals surface area contributed by atoms with E-state index in [0.29, 0.717) is 17.4 Å². The molecule has 1 aromatic carbocycles. The second-order valence-electron chi connectivity index (χ2n) is 5.23. The molecule has 1 aromatic rings. The van der Waals surface area contributed by atoms with Gasteiger partial charge in [-0.25, -0.2) is 4.79 Å². The molecular weight excluding hydrogens is 286 g/mol. The molecule has 0 unspecified atom stereocenters. The minimum Gasteiger partial charge on any atom is -0.497 e. The van der Waals surface area contributed by atoms with Crippen LogP contribution in [-0.4, -0.2) is 38.2 Å². The standard InChI is InChI=1S/C16H23NO5/c1-11(2)12(3)17-15(18)9-22-16(19)10-21-14-7-5-13(20-4)6-8-14/h5-8,11-12H,9-10H2,1-4H3,(H,17,18)/t12-/m0/s1. The fraction of sp³-hybridized carbons (Fsp3) is 0.500. The van der Waals surface area contributed by atoms with Gasteiger partial charge in [-0.05, 0) is 37.1 Å². The number of hydrogen-bond acceptors (Lipinski definition) is 5. The van der Waals surface area contributed by atoms with E-state index in [-0.39, 0.29) is 25.2 Å². The van der Waals surface area contributed by atoms with Gasteiger partial charge in [0.25, 0.3) is 5.91 Å². The van der Waals surface area contributed by atoms with E-state index in [0.717, 1.165) is 0 Å². The lowest BCUT2D eigenvalue weighted by Crippen LogP contribution is -2.39. The van der Waals surface area contributed by atoms with Crippen molar-refractivity contribution in [1.82, 2.24) is 5.32 Å². The normalized spacial score (nSPS) is 11.7. The van der Waals surface area contributed by atoms with Crippen LogP contribution in [0.1, 0.15) is 20.8 Å². The monoisotopic (exact) mass is 309 g/mol. The van der Waals surface area contributed by atoms with Crippen LogP contribution in [-0.2, 0) is 14.3 Å². The minimum atomic E-state index is -0.594. The molecule has 1 rings (SSSR count). The summed E-state index contributed by atoms with van der Waals surface area (Å²) in [6.07, 6.45) is 0. The Balaban J connectivity index is 2.26. The molecule has 6 nitrogen and oxygen atoms in total. The van der Waals surface area contributed by atoms with Crippen LogP contribution in [0.3, 0.4) is 0 Å². The van der Waals surface area contributed by atoms with Gasteiger partial charge in [0.2, 0.25) is 0 Å². The van der Waals surface area contributed by atoms with Gasteiger partial charge in [-0.3, -0.25) is 4.79 Å². The molecule has 0 aromatic heterocycles. The van der Waals surface area contributed by atoms with Crippen molar-refractivity contribution in [2.24, 2.45) is 5.92 Å². The second-order valence-corrected chi connectivity index (χ2v) is 5.23. The molecule has 22 heavy (non-hydrogen) atoms. The summed E-state index contributed by atoms with van der Waals surface area (Å²) in [6.45, 7) is 5.34. The van der Waals surface area contributed by atoms with Gasteiger partial charge < -0.3 is 19.5 Å². The van der Waals surface area contributed by atoms with Gasteiger partial charge in [-0.2, -0.15) is 0 Å². The topological polar surface area (TPSA) is 73.9 Å². The lowest BCUT2D eigenvalue weighted by atomic mass is 10.1. The van der Waals surface area contributed by atoms with E-state index in [1.165, 1.54) is 0 Å². The highest BCUT2D eigenvalue weighted by Gasteiger charge is 2.13. The maximum absolute atomic E-state index is 11.6. The molecule has 0 aliphatic heterocycles. The molecule has 122 valence electrons. The Hall–Kier alpha value is -2.24. The van der Waals surface area contributed by atoms with E-state index in [1.807, 2.05) is 20.8 Å². The Bertz CT molecular complexity index is 484. The lowest BCUT2D eigenvalue weighted by molar-refractivity contribution is -0.150. The summed E-state index contributed by atoms with van der Waals surface area (Å²) in [5.41, 5.74) is 0. The zero-order chi connectivity index (χ0) is 16.5. The summed E-state index contributed by atoms with van der Waals surface area (Å²) < 4.78 is 15.1. The van der Waals surface area contributed by atoms with Crippen molar-refractivity contribution in [3.05, 3.63) is 24.3 Å². The van der Waals surface area contributed by atoms with Gasteiger partial charge in [-0.1, -0.05) is 13.8 Å². The summed E-state index contributed by atoms with van der Waals surface area (Å²) in [7, 11) is 1.57. The largest absolute Gasteiger partial charge is 0.497 e. The van der Waals surface area contributed by atoms with Gasteiger partial charge >= 0.3 is 5.97 Å². The van der Waals surface area contributed by atoms with Crippen molar-refractivity contribution in [2.45, 2.75) is 26.8 Å². The number of carbonyl (C=O) groups excluding carboxylic acids is 2. The third kappa shape index (κ3) is 6.47. The van der Waals surface area contributed by atoms with Crippen molar-refractivity contribution in [2.75, 3.05) is 20.3 Å². The Labute approximate surface area is 130 Å². The average molecular weight is 309 g/mol. The van der Waals surface area contributed by atoms with Crippen molar-refractivity contribution in [3.8, 4) is 11.5 Å². The number of rotatable bonds is 8. The first-order valence-corrected chi connectivity index (χ1v) is 7.14. The molecule has 0 aliphatic rings. The number of esters is 1. The number of amides is 1. The third-order valence-corrected chi connectivity index (χ3v) is 3.17. The molecule has 0 spiro atoms. The molecule has 0 fully saturated rings. The molecule has 6 heteroatoms. The molecule has 0 saturated carbocycles. The van der Waals surface area contributed by atoms with E-state index >= 15 is 0 Å². The predicted octanol–water partition coefficient (Wildman–Crippen LogP) is 1.78. The van der Waals surface area contributed by atoms with E-state index < -0.39 is 5.97 Å². The smallest absolute Gasteiger partial charge is 0.344 e. The fourth-order valence-corrected chi connectivity index (χ4v) is 1.46. The van der Waals surface area contributed by atoms with Crippen LogP contribution in [0, 0.1) is 5.92 Å². The number of methoxy groups -OCH3 is 1. The molecule has 0 radical (unpaired) electrons. The SMILES string of the molecule is COc1ccc(OCC(=O)OCC(=O)N[C@@H](C)C(C)C)cc1. The number of benzene rings is 1. The first-order chi connectivity index (χ1) is 10.4. The zero-order valence-corrected chi connectivity index (χ0v) is 13.4. The number of hydrogen-bond donors (Lipinski definition) is 1. The van der Waals surface area contributed by atoms with Crippen LogP contribution in [0.2, 0.25) is 0 Å². The lowest BCUT2D eigenvalue weighted by Gasteiger charge is -2.17. The second kappa shape index (κ2) is 8.92. The number of carbonyl (C=O) groups is 2. The molecule has 1 N–H and O–H groups in total. The first-order valence-electron chi connectivity index (χ1n) is 7.14. The molecule has 1 amide bonds. The Morgan fingerprint density at radius 1 is 1.05 bits per heavy atom. The van der Waals surface area contributed by atoms with Gasteiger partial charge in [0.15, 0.2) is 13.2 Å².